The molecule has 1 aromatic heterocycles. The molecule has 0 bridgehead atoms. The monoisotopic (exact) mass is 189 g/mol. The van der Waals surface area contributed by atoms with E-state index in [1.165, 1.54) is 0 Å². The predicted molar refractivity (Wildman–Crippen MR) is 54.7 cm³/mol. The summed E-state index contributed by atoms with van der Waals surface area (Å²) in [5.41, 5.74) is 1.46. The first-order chi connectivity index (χ1) is 6.72. The number of aryl methyl sites for hydroxylation is 1. The second-order valence-corrected chi connectivity index (χ2v) is 3.14. The van der Waals surface area contributed by atoms with Gasteiger partial charge in [-0.25, -0.2) is 4.98 Å². The van der Waals surface area contributed by atoms with Crippen molar-refractivity contribution >= 4 is 10.9 Å². The molecule has 2 aromatic rings. The maximum absolute atomic E-state index is 9.60. The Balaban J connectivity index is 2.84. The average Bonchev–Trinajstić information content (AvgIpc) is 2.19. The zero-order valence-corrected chi connectivity index (χ0v) is 8.11. The third-order valence-electron chi connectivity index (χ3n) is 2.16. The molecule has 1 aromatic carbocycles. The van der Waals surface area contributed by atoms with Crippen LogP contribution in [0.1, 0.15) is 5.69 Å². The molecule has 72 valence electrons. The molecule has 0 unspecified atom stereocenters. The molecular formula is C11H11NO2. The van der Waals surface area contributed by atoms with Gasteiger partial charge in [0, 0.05) is 11.1 Å². The first-order valence-corrected chi connectivity index (χ1v) is 4.35. The fourth-order valence-electron chi connectivity index (χ4n) is 1.45. The number of nitrogens with zero attached hydrogens (tertiary/aromatic N) is 1. The zero-order valence-electron chi connectivity index (χ0n) is 8.11. The topological polar surface area (TPSA) is 42.4 Å². The minimum Gasteiger partial charge on any atom is -0.506 e. The van der Waals surface area contributed by atoms with E-state index in [9.17, 15) is 5.11 Å². The third-order valence-corrected chi connectivity index (χ3v) is 2.16. The van der Waals surface area contributed by atoms with E-state index in [1.807, 2.05) is 19.1 Å². The van der Waals surface area contributed by atoms with Crippen molar-refractivity contribution in [3.05, 3.63) is 30.0 Å². The van der Waals surface area contributed by atoms with Gasteiger partial charge < -0.3 is 9.84 Å². The van der Waals surface area contributed by atoms with Gasteiger partial charge in [-0.05, 0) is 31.2 Å². The summed E-state index contributed by atoms with van der Waals surface area (Å²) in [5.74, 6) is 0.912. The van der Waals surface area contributed by atoms with Gasteiger partial charge >= 0.3 is 0 Å². The molecule has 0 aliphatic carbocycles. The van der Waals surface area contributed by atoms with Crippen LogP contribution < -0.4 is 4.74 Å². The van der Waals surface area contributed by atoms with E-state index in [0.29, 0.717) is 5.52 Å². The number of methoxy groups -OCH3 is 1. The lowest BCUT2D eigenvalue weighted by Gasteiger charge is -2.06. The average molecular weight is 189 g/mol. The fraction of sp³-hybridized carbons (Fsp3) is 0.182. The lowest BCUT2D eigenvalue weighted by molar-refractivity contribution is 0.418. The number of phenols is 1. The van der Waals surface area contributed by atoms with E-state index < -0.39 is 0 Å². The summed E-state index contributed by atoms with van der Waals surface area (Å²) < 4.78 is 5.17. The number of hydrogen-bond donors (Lipinski definition) is 1. The normalized spacial score (nSPS) is 10.4. The molecule has 3 nitrogen and oxygen atoms in total. The molecule has 0 saturated heterocycles. The molecular weight excluding hydrogens is 178 g/mol. The Hall–Kier alpha value is -1.77. The van der Waals surface area contributed by atoms with E-state index in [1.54, 1.807) is 19.2 Å². The third kappa shape index (κ3) is 1.27. The summed E-state index contributed by atoms with van der Waals surface area (Å²) in [6.07, 6.45) is 0. The van der Waals surface area contributed by atoms with Crippen LogP contribution in [-0.4, -0.2) is 17.2 Å². The molecule has 1 N–H and O–H groups in total. The Kier molecular flexibility index (Phi) is 2.00. The lowest BCUT2D eigenvalue weighted by Crippen LogP contribution is -1.88. The molecule has 0 saturated carbocycles. The van der Waals surface area contributed by atoms with Crippen LogP contribution in [0.15, 0.2) is 24.3 Å². The fourth-order valence-corrected chi connectivity index (χ4v) is 1.45. The lowest BCUT2D eigenvalue weighted by atomic mass is 10.1. The van der Waals surface area contributed by atoms with Gasteiger partial charge in [0.2, 0.25) is 0 Å². The summed E-state index contributed by atoms with van der Waals surface area (Å²) in [6, 6.07) is 7.11. The first kappa shape index (κ1) is 8.81. The SMILES string of the molecule is COc1ccc(O)c2nc(C)ccc12. The zero-order chi connectivity index (χ0) is 10.1. The molecule has 0 atom stereocenters. The van der Waals surface area contributed by atoms with Gasteiger partial charge in [0.15, 0.2) is 0 Å². The van der Waals surface area contributed by atoms with Crippen molar-refractivity contribution in [1.82, 2.24) is 4.98 Å². The number of hydrogen-bond acceptors (Lipinski definition) is 3. The molecule has 3 heteroatoms. The Morgan fingerprint density at radius 3 is 2.71 bits per heavy atom. The Morgan fingerprint density at radius 2 is 2.00 bits per heavy atom. The van der Waals surface area contributed by atoms with Gasteiger partial charge in [0.25, 0.3) is 0 Å². The Labute approximate surface area is 82.0 Å². The summed E-state index contributed by atoms with van der Waals surface area (Å²) in [6.45, 7) is 1.89. The van der Waals surface area contributed by atoms with Gasteiger partial charge in [-0.3, -0.25) is 0 Å². The van der Waals surface area contributed by atoms with Gasteiger partial charge in [0.05, 0.1) is 7.11 Å². The largest absolute Gasteiger partial charge is 0.506 e. The molecule has 0 spiro atoms. The van der Waals surface area contributed by atoms with Crippen molar-refractivity contribution in [3.63, 3.8) is 0 Å². The molecule has 0 amide bonds. The minimum atomic E-state index is 0.185. The number of pyridine rings is 1. The molecule has 1 heterocycles. The number of rotatable bonds is 1. The second kappa shape index (κ2) is 3.18. The molecule has 14 heavy (non-hydrogen) atoms. The van der Waals surface area contributed by atoms with Crippen LogP contribution in [0.4, 0.5) is 0 Å². The maximum Gasteiger partial charge on any atom is 0.142 e. The van der Waals surface area contributed by atoms with Crippen molar-refractivity contribution in [2.45, 2.75) is 6.92 Å². The summed E-state index contributed by atoms with van der Waals surface area (Å²) >= 11 is 0. The van der Waals surface area contributed by atoms with Crippen LogP contribution in [0, 0.1) is 6.92 Å². The Morgan fingerprint density at radius 1 is 1.21 bits per heavy atom. The highest BCUT2D eigenvalue weighted by atomic mass is 16.5. The highest BCUT2D eigenvalue weighted by molar-refractivity contribution is 5.89. The van der Waals surface area contributed by atoms with Crippen LogP contribution >= 0.6 is 0 Å². The molecule has 2 rings (SSSR count). The summed E-state index contributed by atoms with van der Waals surface area (Å²) in [7, 11) is 1.60. The molecule has 0 aliphatic rings. The van der Waals surface area contributed by atoms with Crippen molar-refractivity contribution in [2.24, 2.45) is 0 Å². The van der Waals surface area contributed by atoms with Crippen molar-refractivity contribution in [2.75, 3.05) is 7.11 Å². The number of benzene rings is 1. The smallest absolute Gasteiger partial charge is 0.142 e. The first-order valence-electron chi connectivity index (χ1n) is 4.35. The highest BCUT2D eigenvalue weighted by Gasteiger charge is 2.06. The molecule has 0 radical (unpaired) electrons. The van der Waals surface area contributed by atoms with Gasteiger partial charge in [-0.2, -0.15) is 0 Å². The minimum absolute atomic E-state index is 0.185. The number of fused-ring (bicyclic) bond motifs is 1. The van der Waals surface area contributed by atoms with Gasteiger partial charge in [-0.1, -0.05) is 0 Å². The number of aromatic nitrogens is 1. The summed E-state index contributed by atoms with van der Waals surface area (Å²) in [4.78, 5) is 4.25. The van der Waals surface area contributed by atoms with Crippen molar-refractivity contribution < 1.29 is 9.84 Å². The van der Waals surface area contributed by atoms with Crippen molar-refractivity contribution in [3.8, 4) is 11.5 Å². The van der Waals surface area contributed by atoms with Crippen LogP contribution in [0.2, 0.25) is 0 Å². The number of aromatic hydroxyl groups is 1. The van der Waals surface area contributed by atoms with E-state index >= 15 is 0 Å². The van der Waals surface area contributed by atoms with E-state index in [2.05, 4.69) is 4.98 Å². The number of phenolic OH excluding ortho intramolecular Hbond substituents is 1. The van der Waals surface area contributed by atoms with Gasteiger partial charge in [0.1, 0.15) is 17.0 Å². The predicted octanol–water partition coefficient (Wildman–Crippen LogP) is 2.26. The quantitative estimate of drug-likeness (QED) is 0.748. The maximum atomic E-state index is 9.60. The van der Waals surface area contributed by atoms with Crippen molar-refractivity contribution in [1.29, 1.82) is 0 Å². The van der Waals surface area contributed by atoms with E-state index in [-0.39, 0.29) is 5.75 Å². The molecule has 0 fully saturated rings. The van der Waals surface area contributed by atoms with E-state index in [0.717, 1.165) is 16.8 Å². The number of ether oxygens (including phenoxy) is 1. The standard InChI is InChI=1S/C11H11NO2/c1-7-3-4-8-10(14-2)6-5-9(13)11(8)12-7/h3-6,13H,1-2H3. The second-order valence-electron chi connectivity index (χ2n) is 3.14. The summed E-state index contributed by atoms with van der Waals surface area (Å²) in [5, 5.41) is 10.4. The van der Waals surface area contributed by atoms with E-state index in [4.69, 9.17) is 4.74 Å². The molecule has 0 aliphatic heterocycles. The van der Waals surface area contributed by atoms with Crippen LogP contribution in [0.25, 0.3) is 10.9 Å². The Bertz CT molecular complexity index is 480. The highest BCUT2D eigenvalue weighted by Crippen LogP contribution is 2.30. The van der Waals surface area contributed by atoms with Crippen LogP contribution in [0.3, 0.4) is 0 Å². The van der Waals surface area contributed by atoms with Crippen LogP contribution in [-0.2, 0) is 0 Å². The van der Waals surface area contributed by atoms with Crippen LogP contribution in [0.5, 0.6) is 11.5 Å². The van der Waals surface area contributed by atoms with Gasteiger partial charge in [-0.15, -0.1) is 0 Å².